The summed E-state index contributed by atoms with van der Waals surface area (Å²) in [6.07, 6.45) is 1.87. The van der Waals surface area contributed by atoms with E-state index in [1.165, 1.54) is 12.5 Å². The average Bonchev–Trinajstić information content (AvgIpc) is 2.54. The highest BCUT2D eigenvalue weighted by atomic mass is 16.5. The summed E-state index contributed by atoms with van der Waals surface area (Å²) >= 11 is 0. The molecule has 0 bridgehead atoms. The highest BCUT2D eigenvalue weighted by Gasteiger charge is 2.10. The molecule has 2 rings (SSSR count). The smallest absolute Gasteiger partial charge is 0.243 e. The number of amides is 1. The number of allylic oxidation sites excluding steroid dienone is 1. The summed E-state index contributed by atoms with van der Waals surface area (Å²) in [7, 11) is 0. The highest BCUT2D eigenvalue weighted by molar-refractivity contribution is 5.76. The van der Waals surface area contributed by atoms with Gasteiger partial charge in [0.2, 0.25) is 5.91 Å². The van der Waals surface area contributed by atoms with Crippen LogP contribution in [0.2, 0.25) is 0 Å². The molecule has 0 aliphatic heterocycles. The molecule has 0 spiro atoms. The lowest BCUT2D eigenvalue weighted by molar-refractivity contribution is -0.159. The van der Waals surface area contributed by atoms with E-state index in [1.807, 2.05) is 68.5 Å². The Kier molecular flexibility index (Phi) is 5.55. The van der Waals surface area contributed by atoms with Crippen LogP contribution in [0.4, 0.5) is 0 Å². The minimum Gasteiger partial charge on any atom is -0.457 e. The first-order valence-electron chi connectivity index (χ1n) is 7.46. The van der Waals surface area contributed by atoms with Gasteiger partial charge in [-0.15, -0.1) is 0 Å². The molecule has 2 aromatic rings. The predicted molar refractivity (Wildman–Crippen MR) is 90.5 cm³/mol. The van der Waals surface area contributed by atoms with Crippen LogP contribution in [-0.4, -0.2) is 22.7 Å². The van der Waals surface area contributed by atoms with Gasteiger partial charge in [-0.1, -0.05) is 35.9 Å². The summed E-state index contributed by atoms with van der Waals surface area (Å²) < 4.78 is 5.85. The second-order valence-corrected chi connectivity index (χ2v) is 5.33. The number of carbonyl (C=O) groups is 1. The molecule has 0 radical (unpaired) electrons. The Hall–Kier alpha value is -2.59. The van der Waals surface area contributed by atoms with Crippen molar-refractivity contribution in [2.45, 2.75) is 20.8 Å². The Morgan fingerprint density at radius 1 is 1.17 bits per heavy atom. The summed E-state index contributed by atoms with van der Waals surface area (Å²) in [5.41, 5.74) is 2.92. The van der Waals surface area contributed by atoms with Gasteiger partial charge < -0.3 is 4.74 Å². The normalized spacial score (nSPS) is 11.2. The molecule has 23 heavy (non-hydrogen) atoms. The molecule has 0 aliphatic carbocycles. The maximum atomic E-state index is 11.2. The molecule has 2 aromatic carbocycles. The summed E-state index contributed by atoms with van der Waals surface area (Å²) in [6, 6.07) is 15.4. The van der Waals surface area contributed by atoms with Crippen LogP contribution in [0, 0.1) is 6.92 Å². The number of ether oxygens (including phenoxy) is 1. The molecule has 0 atom stereocenters. The van der Waals surface area contributed by atoms with Crippen LogP contribution in [0.1, 0.15) is 25.0 Å². The molecule has 0 fully saturated rings. The lowest BCUT2D eigenvalue weighted by Gasteiger charge is -2.16. The van der Waals surface area contributed by atoms with Crippen molar-refractivity contribution in [2.75, 3.05) is 6.54 Å². The van der Waals surface area contributed by atoms with Crippen LogP contribution in [-0.2, 0) is 4.79 Å². The molecule has 0 heterocycles. The highest BCUT2D eigenvalue weighted by Crippen LogP contribution is 2.25. The third-order valence-corrected chi connectivity index (χ3v) is 3.49. The first-order chi connectivity index (χ1) is 11.0. The van der Waals surface area contributed by atoms with Crippen molar-refractivity contribution in [1.82, 2.24) is 5.06 Å². The van der Waals surface area contributed by atoms with Crippen molar-refractivity contribution in [3.05, 3.63) is 65.7 Å². The summed E-state index contributed by atoms with van der Waals surface area (Å²) in [5.74, 6) is 1.08. The minimum absolute atomic E-state index is 0.139. The molecule has 0 saturated carbocycles. The van der Waals surface area contributed by atoms with Gasteiger partial charge in [0.1, 0.15) is 11.5 Å². The topological polar surface area (TPSA) is 49.8 Å². The fourth-order valence-corrected chi connectivity index (χ4v) is 2.12. The molecule has 4 nitrogen and oxygen atoms in total. The third-order valence-electron chi connectivity index (χ3n) is 3.49. The van der Waals surface area contributed by atoms with E-state index < -0.39 is 5.91 Å². The number of rotatable bonds is 5. The average molecular weight is 311 g/mol. The van der Waals surface area contributed by atoms with Crippen molar-refractivity contribution in [3.8, 4) is 11.5 Å². The van der Waals surface area contributed by atoms with Crippen LogP contribution < -0.4 is 4.74 Å². The van der Waals surface area contributed by atoms with Gasteiger partial charge in [0, 0.05) is 6.92 Å². The van der Waals surface area contributed by atoms with E-state index in [0.717, 1.165) is 16.9 Å². The quantitative estimate of drug-likeness (QED) is 0.656. The summed E-state index contributed by atoms with van der Waals surface area (Å²) in [5, 5.41) is 10.3. The van der Waals surface area contributed by atoms with Crippen molar-refractivity contribution in [2.24, 2.45) is 0 Å². The van der Waals surface area contributed by atoms with Gasteiger partial charge in [0.05, 0.1) is 6.54 Å². The largest absolute Gasteiger partial charge is 0.457 e. The van der Waals surface area contributed by atoms with Crippen molar-refractivity contribution >= 4 is 11.5 Å². The van der Waals surface area contributed by atoms with Gasteiger partial charge in [-0.25, -0.2) is 5.06 Å². The molecule has 0 saturated heterocycles. The Labute approximate surface area is 136 Å². The monoisotopic (exact) mass is 311 g/mol. The zero-order valence-electron chi connectivity index (χ0n) is 13.6. The molecular formula is C19H21NO3. The number of nitrogens with zero attached hydrogens (tertiary/aromatic N) is 1. The Morgan fingerprint density at radius 3 is 2.48 bits per heavy atom. The second-order valence-electron chi connectivity index (χ2n) is 5.33. The van der Waals surface area contributed by atoms with Crippen LogP contribution in [0.5, 0.6) is 11.5 Å². The number of benzene rings is 2. The van der Waals surface area contributed by atoms with Crippen molar-refractivity contribution in [3.63, 3.8) is 0 Å². The van der Waals surface area contributed by atoms with Gasteiger partial charge in [0.25, 0.3) is 0 Å². The molecule has 0 aromatic heterocycles. The second kappa shape index (κ2) is 7.61. The Morgan fingerprint density at radius 2 is 1.87 bits per heavy atom. The molecule has 0 unspecified atom stereocenters. The number of hydroxylamine groups is 2. The van der Waals surface area contributed by atoms with E-state index in [-0.39, 0.29) is 6.54 Å². The zero-order chi connectivity index (χ0) is 16.8. The lowest BCUT2D eigenvalue weighted by Crippen LogP contribution is -2.26. The molecule has 0 aliphatic rings. The van der Waals surface area contributed by atoms with Gasteiger partial charge in [-0.05, 0) is 49.2 Å². The fraction of sp³-hybridized carbons (Fsp3) is 0.211. The van der Waals surface area contributed by atoms with Crippen molar-refractivity contribution < 1.29 is 14.7 Å². The first kappa shape index (κ1) is 16.8. The summed E-state index contributed by atoms with van der Waals surface area (Å²) in [6.45, 7) is 5.36. The number of hydrogen-bond acceptors (Lipinski definition) is 3. The Bertz CT molecular complexity index is 705. The molecule has 1 amide bonds. The van der Waals surface area contributed by atoms with E-state index in [2.05, 4.69) is 0 Å². The fourth-order valence-electron chi connectivity index (χ4n) is 2.12. The van der Waals surface area contributed by atoms with Gasteiger partial charge in [-0.2, -0.15) is 0 Å². The standard InChI is InChI=1S/C19H21NO3/c1-4-16(13-20(22)15(3)21)17-6-5-7-19(12-17)23-18-10-8-14(2)9-11-18/h4-12,22H,13H2,1-3H3/b16-4-. The van der Waals surface area contributed by atoms with Crippen LogP contribution in [0.25, 0.3) is 5.57 Å². The molecule has 1 N–H and O–H groups in total. The van der Waals surface area contributed by atoms with Crippen LogP contribution >= 0.6 is 0 Å². The molecular weight excluding hydrogens is 290 g/mol. The van der Waals surface area contributed by atoms with E-state index in [0.29, 0.717) is 10.8 Å². The van der Waals surface area contributed by atoms with E-state index >= 15 is 0 Å². The van der Waals surface area contributed by atoms with E-state index in [9.17, 15) is 10.0 Å². The molecule has 4 heteroatoms. The molecule has 120 valence electrons. The zero-order valence-corrected chi connectivity index (χ0v) is 13.6. The van der Waals surface area contributed by atoms with Crippen LogP contribution in [0.15, 0.2) is 54.6 Å². The van der Waals surface area contributed by atoms with E-state index in [4.69, 9.17) is 4.74 Å². The first-order valence-corrected chi connectivity index (χ1v) is 7.46. The minimum atomic E-state index is -0.392. The summed E-state index contributed by atoms with van der Waals surface area (Å²) in [4.78, 5) is 11.2. The van der Waals surface area contributed by atoms with Gasteiger partial charge in [0.15, 0.2) is 0 Å². The van der Waals surface area contributed by atoms with Crippen LogP contribution in [0.3, 0.4) is 0 Å². The van der Waals surface area contributed by atoms with Gasteiger partial charge in [-0.3, -0.25) is 10.0 Å². The van der Waals surface area contributed by atoms with Gasteiger partial charge >= 0.3 is 0 Å². The maximum absolute atomic E-state index is 11.2. The predicted octanol–water partition coefficient (Wildman–Crippen LogP) is 4.43. The Balaban J connectivity index is 2.18. The number of aryl methyl sites for hydroxylation is 1. The lowest BCUT2D eigenvalue weighted by atomic mass is 10.1. The number of hydrogen-bond donors (Lipinski definition) is 1. The number of carbonyl (C=O) groups excluding carboxylic acids is 1. The SMILES string of the molecule is C/C=C(/CN(O)C(C)=O)c1cccc(Oc2ccc(C)cc2)c1. The van der Waals surface area contributed by atoms with E-state index in [1.54, 1.807) is 0 Å². The van der Waals surface area contributed by atoms with Crippen molar-refractivity contribution in [1.29, 1.82) is 0 Å². The third kappa shape index (κ3) is 4.69. The maximum Gasteiger partial charge on any atom is 0.243 e.